The number of benzene rings is 1. The first-order chi connectivity index (χ1) is 10.1. The Hall–Kier alpha value is -2.10. The fourth-order valence-electron chi connectivity index (χ4n) is 2.44. The molecule has 0 saturated heterocycles. The second-order valence-corrected chi connectivity index (χ2v) is 5.00. The van der Waals surface area contributed by atoms with Crippen molar-refractivity contribution in [3.05, 3.63) is 45.8 Å². The van der Waals surface area contributed by atoms with Crippen molar-refractivity contribution in [1.29, 1.82) is 0 Å². The van der Waals surface area contributed by atoms with E-state index in [1.807, 2.05) is 25.1 Å². The molecule has 112 valence electrons. The van der Waals surface area contributed by atoms with E-state index in [1.54, 1.807) is 13.0 Å². The van der Waals surface area contributed by atoms with E-state index in [1.165, 1.54) is 0 Å². The molecule has 0 unspecified atom stereocenters. The maximum absolute atomic E-state index is 12.0. The summed E-state index contributed by atoms with van der Waals surface area (Å²) in [4.78, 5) is 23.3. The number of para-hydroxylation sites is 1. The van der Waals surface area contributed by atoms with Gasteiger partial charge in [-0.2, -0.15) is 0 Å². The van der Waals surface area contributed by atoms with E-state index in [-0.39, 0.29) is 11.6 Å². The van der Waals surface area contributed by atoms with E-state index in [0.29, 0.717) is 37.0 Å². The summed E-state index contributed by atoms with van der Waals surface area (Å²) in [6, 6.07) is 7.54. The van der Waals surface area contributed by atoms with Crippen molar-refractivity contribution in [1.82, 2.24) is 0 Å². The van der Waals surface area contributed by atoms with Crippen molar-refractivity contribution in [2.75, 3.05) is 6.61 Å². The molecule has 1 heterocycles. The summed E-state index contributed by atoms with van der Waals surface area (Å²) in [5.74, 6) is -0.181. The largest absolute Gasteiger partial charge is 0.466 e. The van der Waals surface area contributed by atoms with Crippen LogP contribution in [0.25, 0.3) is 11.0 Å². The number of aryl methyl sites for hydroxylation is 1. The zero-order valence-electron chi connectivity index (χ0n) is 12.5. The highest BCUT2D eigenvalue weighted by atomic mass is 16.5. The Morgan fingerprint density at radius 1 is 1.24 bits per heavy atom. The third kappa shape index (κ3) is 3.72. The zero-order chi connectivity index (χ0) is 15.2. The summed E-state index contributed by atoms with van der Waals surface area (Å²) in [6.45, 7) is 4.15. The molecule has 0 radical (unpaired) electrons. The second kappa shape index (κ2) is 7.07. The lowest BCUT2D eigenvalue weighted by molar-refractivity contribution is -0.143. The summed E-state index contributed by atoms with van der Waals surface area (Å²) < 4.78 is 10.2. The van der Waals surface area contributed by atoms with Crippen LogP contribution in [0.1, 0.15) is 37.3 Å². The first-order valence-electron chi connectivity index (χ1n) is 7.30. The van der Waals surface area contributed by atoms with Crippen molar-refractivity contribution in [2.24, 2.45) is 0 Å². The quantitative estimate of drug-likeness (QED) is 0.464. The van der Waals surface area contributed by atoms with Crippen LogP contribution >= 0.6 is 0 Å². The van der Waals surface area contributed by atoms with Gasteiger partial charge in [0.25, 0.3) is 0 Å². The lowest BCUT2D eigenvalue weighted by Crippen LogP contribution is -2.11. The van der Waals surface area contributed by atoms with Gasteiger partial charge in [0, 0.05) is 17.4 Å². The molecular weight excluding hydrogens is 268 g/mol. The lowest BCUT2D eigenvalue weighted by Gasteiger charge is -2.07. The molecule has 4 heteroatoms. The van der Waals surface area contributed by atoms with Crippen LogP contribution in [-0.2, 0) is 16.0 Å². The van der Waals surface area contributed by atoms with Crippen LogP contribution in [0.4, 0.5) is 0 Å². The summed E-state index contributed by atoms with van der Waals surface area (Å²) >= 11 is 0. The van der Waals surface area contributed by atoms with E-state index < -0.39 is 0 Å². The maximum Gasteiger partial charge on any atom is 0.339 e. The monoisotopic (exact) mass is 288 g/mol. The van der Waals surface area contributed by atoms with Crippen LogP contribution in [0.15, 0.2) is 33.5 Å². The number of hydrogen-bond donors (Lipinski definition) is 0. The van der Waals surface area contributed by atoms with Crippen molar-refractivity contribution in [3.8, 4) is 0 Å². The van der Waals surface area contributed by atoms with Gasteiger partial charge in [-0.3, -0.25) is 4.79 Å². The molecule has 0 saturated carbocycles. The van der Waals surface area contributed by atoms with Crippen LogP contribution in [0.3, 0.4) is 0 Å². The fourth-order valence-corrected chi connectivity index (χ4v) is 2.44. The molecule has 21 heavy (non-hydrogen) atoms. The minimum absolute atomic E-state index is 0.181. The molecule has 0 atom stereocenters. The minimum Gasteiger partial charge on any atom is -0.466 e. The highest BCUT2D eigenvalue weighted by Crippen LogP contribution is 2.20. The van der Waals surface area contributed by atoms with Crippen molar-refractivity contribution >= 4 is 16.9 Å². The molecule has 4 nitrogen and oxygen atoms in total. The fraction of sp³-hybridized carbons (Fsp3) is 0.412. The topological polar surface area (TPSA) is 56.5 Å². The normalized spacial score (nSPS) is 10.8. The van der Waals surface area contributed by atoms with Gasteiger partial charge in [0.2, 0.25) is 0 Å². The second-order valence-electron chi connectivity index (χ2n) is 5.00. The van der Waals surface area contributed by atoms with Crippen molar-refractivity contribution in [3.63, 3.8) is 0 Å². The Morgan fingerprint density at radius 2 is 2.00 bits per heavy atom. The van der Waals surface area contributed by atoms with Crippen LogP contribution in [-0.4, -0.2) is 12.6 Å². The lowest BCUT2D eigenvalue weighted by atomic mass is 10.0. The molecule has 0 aliphatic carbocycles. The van der Waals surface area contributed by atoms with E-state index in [2.05, 4.69) is 0 Å². The molecule has 0 bridgehead atoms. The Balaban J connectivity index is 2.05. The summed E-state index contributed by atoms with van der Waals surface area (Å²) in [6.07, 6.45) is 2.50. The third-order valence-corrected chi connectivity index (χ3v) is 3.56. The van der Waals surface area contributed by atoms with Gasteiger partial charge in [-0.05, 0) is 44.7 Å². The third-order valence-electron chi connectivity index (χ3n) is 3.56. The Labute approximate surface area is 123 Å². The smallest absolute Gasteiger partial charge is 0.339 e. The number of esters is 1. The highest BCUT2D eigenvalue weighted by molar-refractivity contribution is 5.80. The van der Waals surface area contributed by atoms with Crippen LogP contribution < -0.4 is 5.63 Å². The van der Waals surface area contributed by atoms with E-state index >= 15 is 0 Å². The summed E-state index contributed by atoms with van der Waals surface area (Å²) in [5.41, 5.74) is 2.02. The molecule has 0 fully saturated rings. The van der Waals surface area contributed by atoms with Gasteiger partial charge >= 0.3 is 11.6 Å². The number of carbonyl (C=O) groups is 1. The molecule has 2 rings (SSSR count). The number of unbranched alkanes of at least 4 members (excludes halogenated alkanes) is 1. The number of rotatable bonds is 6. The number of ether oxygens (including phenoxy) is 1. The van der Waals surface area contributed by atoms with E-state index in [4.69, 9.17) is 9.15 Å². The van der Waals surface area contributed by atoms with Gasteiger partial charge in [-0.1, -0.05) is 18.2 Å². The molecule has 1 aromatic heterocycles. The van der Waals surface area contributed by atoms with Gasteiger partial charge in [0.05, 0.1) is 6.61 Å². The molecule has 0 amide bonds. The molecular formula is C17H20O4. The minimum atomic E-state index is -0.276. The summed E-state index contributed by atoms with van der Waals surface area (Å²) in [7, 11) is 0. The van der Waals surface area contributed by atoms with Crippen LogP contribution in [0, 0.1) is 6.92 Å². The van der Waals surface area contributed by atoms with Crippen molar-refractivity contribution in [2.45, 2.75) is 39.5 Å². The average Bonchev–Trinajstić information content (AvgIpc) is 2.46. The number of carbonyl (C=O) groups excluding carboxylic acids is 1. The number of hydrogen-bond acceptors (Lipinski definition) is 4. The van der Waals surface area contributed by atoms with Gasteiger partial charge < -0.3 is 9.15 Å². The van der Waals surface area contributed by atoms with Gasteiger partial charge in [0.15, 0.2) is 0 Å². The molecule has 0 aliphatic rings. The Kier molecular flexibility index (Phi) is 5.14. The molecule has 2 aromatic rings. The Morgan fingerprint density at radius 3 is 2.76 bits per heavy atom. The average molecular weight is 288 g/mol. The summed E-state index contributed by atoms with van der Waals surface area (Å²) in [5, 5.41) is 0.970. The predicted octanol–water partition coefficient (Wildman–Crippen LogP) is 3.38. The first-order valence-corrected chi connectivity index (χ1v) is 7.30. The molecule has 0 spiro atoms. The first kappa shape index (κ1) is 15.3. The zero-order valence-corrected chi connectivity index (χ0v) is 12.5. The van der Waals surface area contributed by atoms with Gasteiger partial charge in [0.1, 0.15) is 5.58 Å². The van der Waals surface area contributed by atoms with Crippen LogP contribution in [0.5, 0.6) is 0 Å². The standard InChI is InChI=1S/C17H20O4/c1-3-20-16(18)11-7-5-9-14-12(2)13-8-4-6-10-15(13)21-17(14)19/h4,6,8,10H,3,5,7,9,11H2,1-2H3. The molecule has 0 aliphatic heterocycles. The predicted molar refractivity (Wildman–Crippen MR) is 81.4 cm³/mol. The van der Waals surface area contributed by atoms with E-state index in [9.17, 15) is 9.59 Å². The van der Waals surface area contributed by atoms with Crippen LogP contribution in [0.2, 0.25) is 0 Å². The molecule has 0 N–H and O–H groups in total. The number of fused-ring (bicyclic) bond motifs is 1. The SMILES string of the molecule is CCOC(=O)CCCCc1c(C)c2ccccc2oc1=O. The Bertz CT molecular complexity index is 685. The van der Waals surface area contributed by atoms with Crippen molar-refractivity contribution < 1.29 is 13.9 Å². The maximum atomic E-state index is 12.0. The van der Waals surface area contributed by atoms with Gasteiger partial charge in [-0.15, -0.1) is 0 Å². The van der Waals surface area contributed by atoms with Gasteiger partial charge in [-0.25, -0.2) is 4.79 Å². The highest BCUT2D eigenvalue weighted by Gasteiger charge is 2.11. The van der Waals surface area contributed by atoms with E-state index in [0.717, 1.165) is 17.4 Å². The molecule has 1 aromatic carbocycles.